The van der Waals surface area contributed by atoms with Gasteiger partial charge in [-0.25, -0.2) is 0 Å². The number of carbonyl (C=O) groups excluding carboxylic acids is 1. The van der Waals surface area contributed by atoms with Gasteiger partial charge in [-0.3, -0.25) is 4.79 Å². The largest absolute Gasteiger partial charge is 0.573 e. The molecular formula is C23H20BrF3O5. The molecule has 4 rings (SSSR count). The SMILES string of the molecule is CC1(C)C2=C(C(=O)c3cc(Br)c(OC[C@H](O)CO)cc31)c1ccc(OC(F)(F)F)cc1C2. The van der Waals surface area contributed by atoms with E-state index in [0.717, 1.165) is 11.1 Å². The minimum Gasteiger partial charge on any atom is -0.490 e. The van der Waals surface area contributed by atoms with Crippen LogP contribution in [-0.2, 0) is 11.8 Å². The van der Waals surface area contributed by atoms with Crippen molar-refractivity contribution in [2.45, 2.75) is 38.1 Å². The molecule has 0 saturated heterocycles. The molecule has 0 unspecified atom stereocenters. The highest BCUT2D eigenvalue weighted by Crippen LogP contribution is 2.51. The van der Waals surface area contributed by atoms with Crippen LogP contribution in [0.2, 0.25) is 0 Å². The number of allylic oxidation sites excluding steroid dienone is 2. The molecule has 2 aromatic rings. The molecule has 2 aliphatic rings. The third-order valence-corrected chi connectivity index (χ3v) is 6.48. The summed E-state index contributed by atoms with van der Waals surface area (Å²) in [5.74, 6) is -0.113. The maximum Gasteiger partial charge on any atom is 0.573 e. The Balaban J connectivity index is 1.73. The van der Waals surface area contributed by atoms with Crippen molar-refractivity contribution in [3.63, 3.8) is 0 Å². The quantitative estimate of drug-likeness (QED) is 0.613. The molecule has 0 aromatic heterocycles. The van der Waals surface area contributed by atoms with Crippen LogP contribution in [0.5, 0.6) is 11.5 Å². The Morgan fingerprint density at radius 1 is 1.19 bits per heavy atom. The van der Waals surface area contributed by atoms with E-state index in [1.807, 2.05) is 13.8 Å². The number of Topliss-reactive ketones (excluding diaryl/α,β-unsaturated/α-hetero) is 1. The maximum atomic E-state index is 13.4. The predicted molar refractivity (Wildman–Crippen MR) is 114 cm³/mol. The van der Waals surface area contributed by atoms with Gasteiger partial charge in [-0.15, -0.1) is 13.2 Å². The summed E-state index contributed by atoms with van der Waals surface area (Å²) in [6, 6.07) is 7.43. The summed E-state index contributed by atoms with van der Waals surface area (Å²) in [5, 5.41) is 18.6. The van der Waals surface area contributed by atoms with Crippen molar-refractivity contribution in [1.82, 2.24) is 0 Å². The molecule has 9 heteroatoms. The van der Waals surface area contributed by atoms with E-state index in [-0.39, 0.29) is 18.1 Å². The lowest BCUT2D eigenvalue weighted by Crippen LogP contribution is -2.30. The Morgan fingerprint density at radius 3 is 2.56 bits per heavy atom. The fourth-order valence-corrected chi connectivity index (χ4v) is 4.75. The van der Waals surface area contributed by atoms with E-state index >= 15 is 0 Å². The van der Waals surface area contributed by atoms with Crippen molar-refractivity contribution in [3.8, 4) is 11.5 Å². The minimum absolute atomic E-state index is 0.121. The lowest BCUT2D eigenvalue weighted by Gasteiger charge is -2.35. The second kappa shape index (κ2) is 7.90. The van der Waals surface area contributed by atoms with Gasteiger partial charge in [0.05, 0.1) is 11.1 Å². The minimum atomic E-state index is -4.79. The van der Waals surface area contributed by atoms with Gasteiger partial charge in [0.1, 0.15) is 24.2 Å². The summed E-state index contributed by atoms with van der Waals surface area (Å²) in [4.78, 5) is 13.4. The Morgan fingerprint density at radius 2 is 1.91 bits per heavy atom. The Labute approximate surface area is 190 Å². The number of aliphatic hydroxyl groups is 2. The van der Waals surface area contributed by atoms with Gasteiger partial charge in [-0.2, -0.15) is 0 Å². The first-order valence-electron chi connectivity index (χ1n) is 9.85. The molecule has 0 bridgehead atoms. The van der Waals surface area contributed by atoms with Crippen LogP contribution in [0.15, 0.2) is 40.4 Å². The van der Waals surface area contributed by atoms with Gasteiger partial charge in [-0.05, 0) is 68.9 Å². The molecule has 2 aliphatic carbocycles. The molecule has 0 radical (unpaired) electrons. The molecule has 0 spiro atoms. The van der Waals surface area contributed by atoms with Crippen LogP contribution < -0.4 is 9.47 Å². The molecule has 2 N–H and O–H groups in total. The van der Waals surface area contributed by atoms with E-state index in [4.69, 9.17) is 9.84 Å². The zero-order valence-corrected chi connectivity index (χ0v) is 18.8. The lowest BCUT2D eigenvalue weighted by molar-refractivity contribution is -0.274. The van der Waals surface area contributed by atoms with E-state index in [1.54, 1.807) is 12.1 Å². The number of hydrogen-bond donors (Lipinski definition) is 2. The topological polar surface area (TPSA) is 76.0 Å². The van der Waals surface area contributed by atoms with E-state index in [9.17, 15) is 23.1 Å². The lowest BCUT2D eigenvalue weighted by atomic mass is 9.68. The molecule has 0 saturated carbocycles. The number of alkyl halides is 3. The normalized spacial score (nSPS) is 17.6. The molecule has 170 valence electrons. The van der Waals surface area contributed by atoms with Crippen LogP contribution >= 0.6 is 15.9 Å². The highest BCUT2D eigenvalue weighted by atomic mass is 79.9. The van der Waals surface area contributed by atoms with Crippen LogP contribution in [0.3, 0.4) is 0 Å². The second-order valence-corrected chi connectivity index (χ2v) is 9.18. The summed E-state index contributed by atoms with van der Waals surface area (Å²) < 4.78 is 48.1. The molecule has 2 aromatic carbocycles. The van der Waals surface area contributed by atoms with Crippen molar-refractivity contribution < 1.29 is 37.7 Å². The van der Waals surface area contributed by atoms with Crippen molar-refractivity contribution in [2.75, 3.05) is 13.2 Å². The highest BCUT2D eigenvalue weighted by Gasteiger charge is 2.43. The van der Waals surface area contributed by atoms with Gasteiger partial charge in [0, 0.05) is 16.6 Å². The van der Waals surface area contributed by atoms with Crippen LogP contribution in [0, 0.1) is 0 Å². The molecule has 1 atom stereocenters. The monoisotopic (exact) mass is 512 g/mol. The first-order valence-corrected chi connectivity index (χ1v) is 10.6. The zero-order chi connectivity index (χ0) is 23.4. The molecule has 0 aliphatic heterocycles. The number of halogens is 4. The standard InChI is InChI=1S/C23H20BrF3O5/c1-22(2)16-8-19(31-10-12(29)9-28)18(24)7-15(16)21(30)20-14-4-3-13(32-23(25,26)27)5-11(14)6-17(20)22/h3-5,7-8,12,28-29H,6,9-10H2,1-2H3/t12-/m1/s1. The van der Waals surface area contributed by atoms with Crippen molar-refractivity contribution in [3.05, 3.63) is 62.6 Å². The molecule has 0 amide bonds. The third-order valence-electron chi connectivity index (χ3n) is 5.86. The van der Waals surface area contributed by atoms with E-state index in [2.05, 4.69) is 20.7 Å². The number of ketones is 1. The van der Waals surface area contributed by atoms with Crippen LogP contribution in [0.25, 0.3) is 5.57 Å². The summed E-state index contributed by atoms with van der Waals surface area (Å²) in [5.41, 5.74) is 3.13. The Kier molecular flexibility index (Phi) is 5.63. The number of ether oxygens (including phenoxy) is 2. The maximum absolute atomic E-state index is 13.4. The smallest absolute Gasteiger partial charge is 0.490 e. The zero-order valence-electron chi connectivity index (χ0n) is 17.2. The highest BCUT2D eigenvalue weighted by molar-refractivity contribution is 9.10. The molecule has 5 nitrogen and oxygen atoms in total. The fraction of sp³-hybridized carbons (Fsp3) is 0.348. The molecular weight excluding hydrogens is 493 g/mol. The molecule has 32 heavy (non-hydrogen) atoms. The summed E-state index contributed by atoms with van der Waals surface area (Å²) in [6.07, 6.45) is -5.51. The Bertz CT molecular complexity index is 1140. The number of benzene rings is 2. The van der Waals surface area contributed by atoms with Gasteiger partial charge in [-0.1, -0.05) is 19.9 Å². The average molecular weight is 513 g/mol. The summed E-state index contributed by atoms with van der Waals surface area (Å²) >= 11 is 3.39. The predicted octanol–water partition coefficient (Wildman–Crippen LogP) is 4.56. The number of aliphatic hydroxyl groups excluding tert-OH is 2. The molecule has 0 fully saturated rings. The van der Waals surface area contributed by atoms with Crippen LogP contribution in [-0.4, -0.2) is 41.7 Å². The van der Waals surface area contributed by atoms with Crippen molar-refractivity contribution in [2.24, 2.45) is 0 Å². The molecule has 0 heterocycles. The number of rotatable bonds is 5. The number of hydrogen-bond acceptors (Lipinski definition) is 5. The number of fused-ring (bicyclic) bond motifs is 3. The van der Waals surface area contributed by atoms with E-state index < -0.39 is 24.5 Å². The van der Waals surface area contributed by atoms with Gasteiger partial charge in [0.15, 0.2) is 5.78 Å². The number of carbonyl (C=O) groups is 1. The first-order chi connectivity index (χ1) is 14.9. The van der Waals surface area contributed by atoms with Crippen molar-refractivity contribution in [1.29, 1.82) is 0 Å². The van der Waals surface area contributed by atoms with Gasteiger partial charge in [0.25, 0.3) is 0 Å². The van der Waals surface area contributed by atoms with Gasteiger partial charge in [0.2, 0.25) is 0 Å². The first kappa shape index (κ1) is 22.8. The third kappa shape index (κ3) is 3.93. The van der Waals surface area contributed by atoms with Crippen LogP contribution in [0.1, 0.15) is 40.9 Å². The summed E-state index contributed by atoms with van der Waals surface area (Å²) in [6.45, 7) is 3.34. The summed E-state index contributed by atoms with van der Waals surface area (Å²) in [7, 11) is 0. The van der Waals surface area contributed by atoms with Crippen molar-refractivity contribution >= 4 is 27.3 Å². The average Bonchev–Trinajstić information content (AvgIpc) is 3.09. The fourth-order valence-electron chi connectivity index (χ4n) is 4.30. The van der Waals surface area contributed by atoms with E-state index in [0.29, 0.717) is 38.9 Å². The second-order valence-electron chi connectivity index (χ2n) is 8.33. The van der Waals surface area contributed by atoms with E-state index in [1.165, 1.54) is 18.2 Å². The Hall–Kier alpha value is -2.36. The van der Waals surface area contributed by atoms with Gasteiger partial charge < -0.3 is 19.7 Å². The van der Waals surface area contributed by atoms with Gasteiger partial charge >= 0.3 is 6.36 Å². The van der Waals surface area contributed by atoms with Crippen LogP contribution in [0.4, 0.5) is 13.2 Å².